The number of halogens is 3. The van der Waals surface area contributed by atoms with Crippen molar-refractivity contribution in [1.29, 1.82) is 0 Å². The predicted molar refractivity (Wildman–Crippen MR) is 114 cm³/mol. The summed E-state index contributed by atoms with van der Waals surface area (Å²) >= 11 is 0. The molecule has 0 bridgehead atoms. The lowest BCUT2D eigenvalue weighted by Crippen LogP contribution is -2.07. The molecular weight excluding hydrogens is 409 g/mol. The molecule has 0 atom stereocenters. The van der Waals surface area contributed by atoms with Crippen LogP contribution in [0.3, 0.4) is 0 Å². The molecule has 8 heteroatoms. The van der Waals surface area contributed by atoms with E-state index in [0.29, 0.717) is 28.1 Å². The molecule has 0 unspecified atom stereocenters. The van der Waals surface area contributed by atoms with E-state index in [4.69, 9.17) is 9.47 Å². The van der Waals surface area contributed by atoms with Gasteiger partial charge in [0.1, 0.15) is 5.57 Å². The molecule has 2 aromatic rings. The molecule has 5 nitrogen and oxygen atoms in total. The van der Waals surface area contributed by atoms with Crippen molar-refractivity contribution in [2.75, 3.05) is 14.2 Å². The average molecular weight is 432 g/mol. The molecule has 0 radical (unpaired) electrons. The first-order valence-corrected chi connectivity index (χ1v) is 9.27. The fraction of sp³-hybridized carbons (Fsp3) is 0.261. The first-order chi connectivity index (χ1) is 14.6. The molecule has 0 amide bonds. The van der Waals surface area contributed by atoms with Gasteiger partial charge in [0, 0.05) is 0 Å². The molecule has 0 saturated heterocycles. The third kappa shape index (κ3) is 6.04. The molecule has 0 aliphatic carbocycles. The van der Waals surface area contributed by atoms with Crippen LogP contribution in [0.5, 0.6) is 0 Å². The number of carbonyl (C=O) groups is 1. The number of esters is 1. The lowest BCUT2D eigenvalue weighted by molar-refractivity contribution is -0.137. The van der Waals surface area contributed by atoms with Gasteiger partial charge >= 0.3 is 12.1 Å². The van der Waals surface area contributed by atoms with Gasteiger partial charge in [0.2, 0.25) is 0 Å². The molecule has 0 aliphatic rings. The Balaban J connectivity index is 2.40. The van der Waals surface area contributed by atoms with E-state index >= 15 is 0 Å². The smallest absolute Gasteiger partial charge is 0.416 e. The van der Waals surface area contributed by atoms with Crippen LogP contribution in [0.2, 0.25) is 0 Å². The van der Waals surface area contributed by atoms with Crippen molar-refractivity contribution in [3.05, 3.63) is 76.5 Å². The van der Waals surface area contributed by atoms with Crippen LogP contribution in [0.1, 0.15) is 41.7 Å². The Labute approximate surface area is 178 Å². The molecule has 0 N–H and O–H groups in total. The fourth-order valence-electron chi connectivity index (χ4n) is 2.77. The Bertz CT molecular complexity index is 1050. The highest BCUT2D eigenvalue weighted by molar-refractivity contribution is 6.17. The van der Waals surface area contributed by atoms with Crippen molar-refractivity contribution >= 4 is 23.0 Å². The van der Waals surface area contributed by atoms with Gasteiger partial charge < -0.3 is 9.47 Å². The number of methoxy groups -OCH3 is 2. The first kappa shape index (κ1) is 23.9. The summed E-state index contributed by atoms with van der Waals surface area (Å²) in [6.07, 6.45) is -3.12. The van der Waals surface area contributed by atoms with Crippen LogP contribution in [0, 0.1) is 6.92 Å². The highest BCUT2D eigenvalue weighted by atomic mass is 19.4. The summed E-state index contributed by atoms with van der Waals surface area (Å²) < 4.78 is 48.6. The molecule has 2 rings (SSSR count). The minimum absolute atomic E-state index is 0.251. The number of nitrogens with zero attached hydrogens (tertiary/aromatic N) is 2. The van der Waals surface area contributed by atoms with Gasteiger partial charge in [-0.2, -0.15) is 23.4 Å². The van der Waals surface area contributed by atoms with Crippen LogP contribution in [0.15, 0.2) is 58.9 Å². The van der Waals surface area contributed by atoms with Gasteiger partial charge in [-0.15, -0.1) is 0 Å². The second-order valence-electron chi connectivity index (χ2n) is 6.74. The molecule has 0 spiro atoms. The molecule has 0 saturated carbocycles. The maximum absolute atomic E-state index is 12.9. The van der Waals surface area contributed by atoms with Crippen LogP contribution < -0.4 is 0 Å². The van der Waals surface area contributed by atoms with Crippen LogP contribution in [-0.4, -0.2) is 31.6 Å². The topological polar surface area (TPSA) is 60.2 Å². The zero-order valence-electron chi connectivity index (χ0n) is 17.9. The Morgan fingerprint density at radius 2 is 1.58 bits per heavy atom. The van der Waals surface area contributed by atoms with Crippen LogP contribution >= 0.6 is 0 Å². The predicted octanol–water partition coefficient (Wildman–Crippen LogP) is 5.41. The lowest BCUT2D eigenvalue weighted by atomic mass is 9.97. The number of rotatable bonds is 6. The van der Waals surface area contributed by atoms with E-state index in [1.54, 1.807) is 26.0 Å². The van der Waals surface area contributed by atoms with E-state index < -0.39 is 17.7 Å². The number of ether oxygens (including phenoxy) is 2. The van der Waals surface area contributed by atoms with Crippen LogP contribution in [0.25, 0.3) is 5.57 Å². The zero-order chi connectivity index (χ0) is 23.2. The summed E-state index contributed by atoms with van der Waals surface area (Å²) in [5.74, 6) is -0.546. The van der Waals surface area contributed by atoms with Crippen LogP contribution in [0.4, 0.5) is 13.2 Å². The van der Waals surface area contributed by atoms with E-state index in [0.717, 1.165) is 17.7 Å². The monoisotopic (exact) mass is 432 g/mol. The van der Waals surface area contributed by atoms with E-state index in [9.17, 15) is 18.0 Å². The molecule has 0 fully saturated rings. The van der Waals surface area contributed by atoms with Gasteiger partial charge in [0.15, 0.2) is 0 Å². The first-order valence-electron chi connectivity index (χ1n) is 9.27. The van der Waals surface area contributed by atoms with Gasteiger partial charge in [-0.05, 0) is 61.2 Å². The third-order valence-corrected chi connectivity index (χ3v) is 4.54. The van der Waals surface area contributed by atoms with Gasteiger partial charge in [0.05, 0.1) is 37.5 Å². The maximum Gasteiger partial charge on any atom is 0.416 e. The standard InChI is InChI=1S/C23H23F3N2O3/c1-14-9-10-18(12-20(14)21(13-30-4)22(29)31-5)16(3)28-27-15(2)17-7-6-8-19(11-17)23(24,25)26/h6-13H,1-5H3/b21-13+,27-15-,28-16+. The number of hydrogen-bond donors (Lipinski definition) is 0. The summed E-state index contributed by atoms with van der Waals surface area (Å²) in [5, 5.41) is 8.24. The Hall–Kier alpha value is -3.42. The highest BCUT2D eigenvalue weighted by Crippen LogP contribution is 2.29. The number of carbonyl (C=O) groups excluding carboxylic acids is 1. The molecule has 0 heterocycles. The van der Waals surface area contributed by atoms with Crippen molar-refractivity contribution in [2.24, 2.45) is 10.2 Å². The van der Waals surface area contributed by atoms with Crippen molar-refractivity contribution < 1.29 is 27.4 Å². The highest BCUT2D eigenvalue weighted by Gasteiger charge is 2.30. The Morgan fingerprint density at radius 1 is 0.968 bits per heavy atom. The number of benzene rings is 2. The minimum atomic E-state index is -4.43. The maximum atomic E-state index is 12.9. The quantitative estimate of drug-likeness (QED) is 0.202. The zero-order valence-corrected chi connectivity index (χ0v) is 17.9. The average Bonchev–Trinajstić information content (AvgIpc) is 2.75. The number of hydrogen-bond acceptors (Lipinski definition) is 5. The summed E-state index contributed by atoms with van der Waals surface area (Å²) in [4.78, 5) is 12.1. The molecule has 31 heavy (non-hydrogen) atoms. The van der Waals surface area contributed by atoms with E-state index in [-0.39, 0.29) is 5.57 Å². The summed E-state index contributed by atoms with van der Waals surface area (Å²) in [7, 11) is 2.71. The van der Waals surface area contributed by atoms with Crippen molar-refractivity contribution in [2.45, 2.75) is 26.9 Å². The van der Waals surface area contributed by atoms with Crippen LogP contribution in [-0.2, 0) is 20.4 Å². The third-order valence-electron chi connectivity index (χ3n) is 4.54. The Kier molecular flexibility index (Phi) is 7.74. The normalized spacial score (nSPS) is 13.2. The van der Waals surface area contributed by atoms with Crippen molar-refractivity contribution in [1.82, 2.24) is 0 Å². The summed E-state index contributed by atoms with van der Waals surface area (Å²) in [6.45, 7) is 5.15. The van der Waals surface area contributed by atoms with Crippen molar-refractivity contribution in [3.8, 4) is 0 Å². The molecular formula is C23H23F3N2O3. The van der Waals surface area contributed by atoms with E-state index in [1.165, 1.54) is 26.5 Å². The van der Waals surface area contributed by atoms with Gasteiger partial charge in [0.25, 0.3) is 0 Å². The van der Waals surface area contributed by atoms with Crippen molar-refractivity contribution in [3.63, 3.8) is 0 Å². The van der Waals surface area contributed by atoms with Gasteiger partial charge in [-0.1, -0.05) is 24.3 Å². The summed E-state index contributed by atoms with van der Waals surface area (Å²) in [5.41, 5.74) is 2.82. The molecule has 164 valence electrons. The Morgan fingerprint density at radius 3 is 2.13 bits per heavy atom. The number of aryl methyl sites for hydroxylation is 1. The second kappa shape index (κ2) is 10.1. The van der Waals surface area contributed by atoms with Gasteiger partial charge in [-0.25, -0.2) is 4.79 Å². The molecule has 0 aromatic heterocycles. The minimum Gasteiger partial charge on any atom is -0.503 e. The summed E-state index contributed by atoms with van der Waals surface area (Å²) in [6, 6.07) is 10.3. The molecule has 2 aromatic carbocycles. The lowest BCUT2D eigenvalue weighted by Gasteiger charge is -2.11. The number of alkyl halides is 3. The fourth-order valence-corrected chi connectivity index (χ4v) is 2.77. The van der Waals surface area contributed by atoms with E-state index in [2.05, 4.69) is 10.2 Å². The largest absolute Gasteiger partial charge is 0.503 e. The van der Waals surface area contributed by atoms with Gasteiger partial charge in [-0.3, -0.25) is 0 Å². The molecule has 0 aliphatic heterocycles. The second-order valence-corrected chi connectivity index (χ2v) is 6.74. The van der Waals surface area contributed by atoms with E-state index in [1.807, 2.05) is 19.1 Å². The SMILES string of the molecule is CO/C=C(/C(=O)OC)c1cc(/C(C)=N/N=C(/C)c2cccc(C(F)(F)F)c2)ccc1C.